The zero-order valence-electron chi connectivity index (χ0n) is 21.5. The first-order chi connectivity index (χ1) is 18.2. The molecular weight excluding hydrogens is 541 g/mol. The molecule has 0 aromatic carbocycles. The van der Waals surface area contributed by atoms with E-state index in [0.717, 1.165) is 0 Å². The molecule has 1 saturated heterocycles. The molecule has 3 fully saturated rings. The van der Waals surface area contributed by atoms with Crippen LogP contribution < -0.4 is 15.8 Å². The number of rotatable bonds is 6. The molecule has 5 atom stereocenters. The standard InChI is InChI=1S/C25H35F3N4O6S/c26-25(27,28)14-18(20(29)33)17-8-5-3-1-2-4-7-15-13-24(15,23(36)31-39(37,38)16-10-11-16)30-21(34)19-9-6-12-32(19)22(17)35/h4,7,15-19H,1-3,5-6,8-14H2,(H2,29,33)(H,30,34)(H,31,36)/b7-4-. The van der Waals surface area contributed by atoms with Crippen LogP contribution in [0, 0.1) is 17.8 Å². The molecule has 5 unspecified atom stereocenters. The molecular formula is C25H35F3N4O6S. The molecule has 2 aliphatic heterocycles. The Balaban J connectivity index is 1.60. The Labute approximate surface area is 225 Å². The fraction of sp³-hybridized carbons (Fsp3) is 0.760. The lowest BCUT2D eigenvalue weighted by molar-refractivity contribution is -0.163. The number of fused-ring (bicyclic) bond motifs is 2. The van der Waals surface area contributed by atoms with Crippen LogP contribution in [0.4, 0.5) is 13.2 Å². The van der Waals surface area contributed by atoms with E-state index in [-0.39, 0.29) is 25.8 Å². The van der Waals surface area contributed by atoms with E-state index in [0.29, 0.717) is 44.9 Å². The van der Waals surface area contributed by atoms with Crippen LogP contribution in [0.3, 0.4) is 0 Å². The van der Waals surface area contributed by atoms with Crippen LogP contribution in [0.5, 0.6) is 0 Å². The topological polar surface area (TPSA) is 156 Å². The number of nitrogens with two attached hydrogens (primary N) is 1. The molecule has 14 heteroatoms. The van der Waals surface area contributed by atoms with Gasteiger partial charge in [-0.2, -0.15) is 13.2 Å². The SMILES string of the molecule is NC(=O)C(CC(F)(F)F)C1CCCCC/C=C\C2CC2(C(=O)NS(=O)(=O)C2CC2)NC(=O)C2CCCN2C1=O. The third-order valence-electron chi connectivity index (χ3n) is 8.18. The molecule has 0 aromatic rings. The van der Waals surface area contributed by atoms with Gasteiger partial charge >= 0.3 is 6.18 Å². The van der Waals surface area contributed by atoms with Gasteiger partial charge in [-0.15, -0.1) is 0 Å². The summed E-state index contributed by atoms with van der Waals surface area (Å²) < 4.78 is 66.9. The van der Waals surface area contributed by atoms with E-state index >= 15 is 0 Å². The summed E-state index contributed by atoms with van der Waals surface area (Å²) >= 11 is 0. The first-order valence-electron chi connectivity index (χ1n) is 13.5. The van der Waals surface area contributed by atoms with E-state index in [1.165, 1.54) is 4.90 Å². The first kappa shape index (κ1) is 29.3. The lowest BCUT2D eigenvalue weighted by Crippen LogP contribution is -2.57. The summed E-state index contributed by atoms with van der Waals surface area (Å²) in [6.45, 7) is 0.101. The number of hydrogen-bond donors (Lipinski definition) is 3. The summed E-state index contributed by atoms with van der Waals surface area (Å²) in [5, 5.41) is 2.04. The van der Waals surface area contributed by atoms with Gasteiger partial charge in [-0.3, -0.25) is 23.9 Å². The van der Waals surface area contributed by atoms with Crippen LogP contribution >= 0.6 is 0 Å². The number of primary amides is 1. The quantitative estimate of drug-likeness (QED) is 0.409. The average Bonchev–Trinajstić information content (AvgIpc) is 3.75. The molecule has 2 heterocycles. The molecule has 4 amide bonds. The maximum Gasteiger partial charge on any atom is 0.389 e. The van der Waals surface area contributed by atoms with Crippen molar-refractivity contribution in [1.29, 1.82) is 0 Å². The van der Waals surface area contributed by atoms with Gasteiger partial charge in [0.05, 0.1) is 23.5 Å². The summed E-state index contributed by atoms with van der Waals surface area (Å²) in [5.41, 5.74) is 3.84. The number of nitrogens with zero attached hydrogens (tertiary/aromatic N) is 1. The van der Waals surface area contributed by atoms with Crippen LogP contribution in [0.1, 0.15) is 70.6 Å². The largest absolute Gasteiger partial charge is 0.389 e. The summed E-state index contributed by atoms with van der Waals surface area (Å²) in [6, 6.07) is -1.07. The molecule has 39 heavy (non-hydrogen) atoms. The number of hydrogen-bond acceptors (Lipinski definition) is 6. The van der Waals surface area contributed by atoms with Crippen molar-refractivity contribution in [2.45, 2.75) is 93.6 Å². The van der Waals surface area contributed by atoms with E-state index < -0.39 is 80.8 Å². The smallest absolute Gasteiger partial charge is 0.369 e. The minimum atomic E-state index is -4.72. The third-order valence-corrected chi connectivity index (χ3v) is 10.00. The second kappa shape index (κ2) is 11.1. The Hall–Kier alpha value is -2.64. The lowest BCUT2D eigenvalue weighted by atomic mass is 9.83. The number of alkyl halides is 3. The minimum Gasteiger partial charge on any atom is -0.369 e. The molecule has 218 valence electrons. The Bertz CT molecular complexity index is 1140. The molecule has 0 spiro atoms. The summed E-state index contributed by atoms with van der Waals surface area (Å²) in [7, 11) is -3.87. The van der Waals surface area contributed by atoms with Crippen molar-refractivity contribution in [3.63, 3.8) is 0 Å². The highest BCUT2D eigenvalue weighted by Gasteiger charge is 2.62. The Morgan fingerprint density at radius 2 is 1.85 bits per heavy atom. The molecule has 4 aliphatic rings. The van der Waals surface area contributed by atoms with Crippen molar-refractivity contribution >= 4 is 33.7 Å². The summed E-state index contributed by atoms with van der Waals surface area (Å²) in [6.07, 6.45) is 1.28. The van der Waals surface area contributed by atoms with Gasteiger partial charge < -0.3 is 16.0 Å². The molecule has 4 N–H and O–H groups in total. The second-order valence-corrected chi connectivity index (χ2v) is 13.1. The van der Waals surface area contributed by atoms with Gasteiger partial charge in [-0.1, -0.05) is 25.0 Å². The van der Waals surface area contributed by atoms with Crippen LogP contribution in [0.2, 0.25) is 0 Å². The van der Waals surface area contributed by atoms with Crippen molar-refractivity contribution in [1.82, 2.24) is 14.9 Å². The number of carbonyl (C=O) groups is 4. The molecule has 0 radical (unpaired) electrons. The third kappa shape index (κ3) is 6.75. The normalized spacial score (nSPS) is 32.1. The van der Waals surface area contributed by atoms with E-state index in [1.807, 2.05) is 6.08 Å². The van der Waals surface area contributed by atoms with Crippen LogP contribution in [0.15, 0.2) is 12.2 Å². The number of sulfonamides is 1. The highest BCUT2D eigenvalue weighted by atomic mass is 32.2. The molecule has 4 rings (SSSR count). The number of halogens is 3. The van der Waals surface area contributed by atoms with E-state index in [4.69, 9.17) is 5.73 Å². The predicted molar refractivity (Wildman–Crippen MR) is 133 cm³/mol. The fourth-order valence-corrected chi connectivity index (χ4v) is 7.10. The number of amides is 4. The summed E-state index contributed by atoms with van der Waals surface area (Å²) in [4.78, 5) is 53.5. The highest BCUT2D eigenvalue weighted by molar-refractivity contribution is 7.91. The van der Waals surface area contributed by atoms with Crippen molar-refractivity contribution in [2.75, 3.05) is 6.54 Å². The monoisotopic (exact) mass is 576 g/mol. The van der Waals surface area contributed by atoms with Crippen LogP contribution in [0.25, 0.3) is 0 Å². The molecule has 2 saturated carbocycles. The zero-order valence-corrected chi connectivity index (χ0v) is 22.4. The Kier molecular flexibility index (Phi) is 8.34. The Morgan fingerprint density at radius 3 is 2.49 bits per heavy atom. The first-order valence-corrected chi connectivity index (χ1v) is 15.0. The van der Waals surface area contributed by atoms with E-state index in [1.54, 1.807) is 6.08 Å². The van der Waals surface area contributed by atoms with Crippen molar-refractivity contribution in [2.24, 2.45) is 23.5 Å². The van der Waals surface area contributed by atoms with Crippen LogP contribution in [-0.4, -0.2) is 66.5 Å². The van der Waals surface area contributed by atoms with Gasteiger partial charge in [0.25, 0.3) is 5.91 Å². The number of carbonyl (C=O) groups excluding carboxylic acids is 4. The second-order valence-electron chi connectivity index (χ2n) is 11.1. The van der Waals surface area contributed by atoms with E-state index in [2.05, 4.69) is 10.0 Å². The molecule has 0 aromatic heterocycles. The summed E-state index contributed by atoms with van der Waals surface area (Å²) in [5.74, 6) is -7.03. The number of allylic oxidation sites excluding steroid dienone is 1. The lowest BCUT2D eigenvalue weighted by Gasteiger charge is -2.32. The average molecular weight is 577 g/mol. The van der Waals surface area contributed by atoms with Gasteiger partial charge in [0, 0.05) is 12.5 Å². The maximum absolute atomic E-state index is 13.6. The van der Waals surface area contributed by atoms with Crippen molar-refractivity contribution in [3.8, 4) is 0 Å². The Morgan fingerprint density at radius 1 is 1.13 bits per heavy atom. The molecule has 10 nitrogen and oxygen atoms in total. The van der Waals surface area contributed by atoms with Crippen molar-refractivity contribution in [3.05, 3.63) is 12.2 Å². The fourth-order valence-electron chi connectivity index (χ4n) is 5.73. The van der Waals surface area contributed by atoms with Gasteiger partial charge in [-0.05, 0) is 51.4 Å². The predicted octanol–water partition coefficient (Wildman–Crippen LogP) is 1.65. The minimum absolute atomic E-state index is 0.0189. The van der Waals surface area contributed by atoms with Gasteiger partial charge in [0.1, 0.15) is 11.6 Å². The molecule has 0 bridgehead atoms. The van der Waals surface area contributed by atoms with Gasteiger partial charge in [0.15, 0.2) is 0 Å². The van der Waals surface area contributed by atoms with E-state index in [9.17, 15) is 40.8 Å². The highest BCUT2D eigenvalue weighted by Crippen LogP contribution is 2.46. The zero-order chi connectivity index (χ0) is 28.6. The van der Waals surface area contributed by atoms with Gasteiger partial charge in [-0.25, -0.2) is 8.42 Å². The molecule has 2 aliphatic carbocycles. The number of nitrogens with one attached hydrogen (secondary N) is 2. The van der Waals surface area contributed by atoms with Gasteiger partial charge in [0.2, 0.25) is 27.7 Å². The van der Waals surface area contributed by atoms with Crippen molar-refractivity contribution < 1.29 is 40.8 Å². The van der Waals surface area contributed by atoms with Crippen LogP contribution in [-0.2, 0) is 29.2 Å². The maximum atomic E-state index is 13.6.